The van der Waals surface area contributed by atoms with E-state index in [0.717, 1.165) is 0 Å². The van der Waals surface area contributed by atoms with Gasteiger partial charge in [-0.05, 0) is 6.92 Å². The number of nitrogens with one attached hydrogen (secondary N) is 1. The van der Waals surface area contributed by atoms with Crippen molar-refractivity contribution in [1.82, 2.24) is 5.32 Å². The van der Waals surface area contributed by atoms with Gasteiger partial charge in [-0.15, -0.1) is 12.6 Å². The Morgan fingerprint density at radius 2 is 1.75 bits per heavy atom. The van der Waals surface area contributed by atoms with Crippen molar-refractivity contribution >= 4 is 43.0 Å². The highest BCUT2D eigenvalue weighted by Gasteiger charge is 2.16. The summed E-state index contributed by atoms with van der Waals surface area (Å²) in [6, 6.07) is 0. The van der Waals surface area contributed by atoms with Gasteiger partial charge in [-0.3, -0.25) is 9.59 Å². The minimum absolute atomic E-state index is 0.245. The second-order valence-electron chi connectivity index (χ2n) is 2.75. The summed E-state index contributed by atoms with van der Waals surface area (Å²) in [4.78, 5) is 30.5. The molecule has 4 N–H and O–H groups in total. The van der Waals surface area contributed by atoms with Crippen LogP contribution < -0.4 is 11.1 Å². The van der Waals surface area contributed by atoms with Crippen LogP contribution in [-0.4, -0.2) is 33.5 Å². The number of rotatable bonds is 4. The van der Waals surface area contributed by atoms with Crippen molar-refractivity contribution in [3.05, 3.63) is 0 Å². The summed E-state index contributed by atoms with van der Waals surface area (Å²) in [5.74, 6) is -1.88. The molecule has 2 unspecified atom stereocenters. The van der Waals surface area contributed by atoms with E-state index in [0.29, 0.717) is 6.42 Å². The van der Waals surface area contributed by atoms with Crippen LogP contribution in [0, 0.1) is 0 Å². The Labute approximate surface area is 105 Å². The zero-order valence-corrected chi connectivity index (χ0v) is 10.8. The fourth-order valence-electron chi connectivity index (χ4n) is 0.317. The third-order valence-electron chi connectivity index (χ3n) is 1.24. The number of aliphatic carboxylic acids is 1. The first kappa shape index (κ1) is 17.5. The highest BCUT2D eigenvalue weighted by atomic mass is 32.1. The lowest BCUT2D eigenvalue weighted by Gasteiger charge is -2.09. The minimum Gasteiger partial charge on any atom is -0.479 e. The van der Waals surface area contributed by atoms with Gasteiger partial charge in [0.25, 0.3) is 0 Å². The van der Waals surface area contributed by atoms with Crippen molar-refractivity contribution in [3.63, 3.8) is 0 Å². The molecule has 0 aliphatic heterocycles. The molecule has 0 aromatic heterocycles. The third-order valence-corrected chi connectivity index (χ3v) is 1.83. The number of hydrogen-bond donors (Lipinski definition) is 5. The molecule has 2 amide bonds. The van der Waals surface area contributed by atoms with Crippen molar-refractivity contribution in [1.29, 1.82) is 0 Å². The Kier molecular flexibility index (Phi) is 10.2. The quantitative estimate of drug-likeness (QED) is 0.354. The summed E-state index contributed by atoms with van der Waals surface area (Å²) in [5, 5.41) is 8.75. The van der Waals surface area contributed by atoms with E-state index in [4.69, 9.17) is 5.11 Å². The molecular weight excluding hydrogens is 252 g/mol. The maximum Gasteiger partial charge on any atom is 0.336 e. The number of amides is 2. The first-order valence-electron chi connectivity index (χ1n) is 4.40. The van der Waals surface area contributed by atoms with Crippen LogP contribution in [0.15, 0.2) is 0 Å². The second-order valence-corrected chi connectivity index (χ2v) is 4.04. The number of carboxylic acid groups (broad SMARTS) is 1. The van der Waals surface area contributed by atoms with E-state index < -0.39 is 22.5 Å². The summed E-state index contributed by atoms with van der Waals surface area (Å²) in [6.07, 6.45) is 0.444. The van der Waals surface area contributed by atoms with Crippen LogP contribution in [-0.2, 0) is 14.4 Å². The van der Waals surface area contributed by atoms with Crippen molar-refractivity contribution in [2.75, 3.05) is 0 Å². The van der Waals surface area contributed by atoms with Gasteiger partial charge in [0, 0.05) is 6.42 Å². The van der Waals surface area contributed by atoms with Gasteiger partial charge >= 0.3 is 5.97 Å². The van der Waals surface area contributed by atoms with Crippen molar-refractivity contribution < 1.29 is 19.5 Å². The molecule has 0 aromatic rings. The molecule has 2 atom stereocenters. The fourth-order valence-corrected chi connectivity index (χ4v) is 0.519. The Bertz CT molecular complexity index is 258. The minimum atomic E-state index is -1.18. The molecular formula is C8H16N2O4S2. The number of thiol groups is 2. The van der Waals surface area contributed by atoms with E-state index in [9.17, 15) is 14.4 Å². The first-order valence-corrected chi connectivity index (χ1v) is 5.43. The SMILES string of the molecule is CC(S)C(=O)NC(S)C(=O)O.CCC(N)=O. The van der Waals surface area contributed by atoms with E-state index in [2.05, 4.69) is 36.3 Å². The molecule has 8 heteroatoms. The average Bonchev–Trinajstić information content (AvgIpc) is 2.18. The molecule has 0 spiro atoms. The third kappa shape index (κ3) is 11.2. The predicted molar refractivity (Wildman–Crippen MR) is 66.5 cm³/mol. The fraction of sp³-hybridized carbons (Fsp3) is 0.625. The summed E-state index contributed by atoms with van der Waals surface area (Å²) in [7, 11) is 0. The molecule has 94 valence electrons. The molecule has 0 aromatic carbocycles. The number of nitrogens with two attached hydrogens (primary N) is 1. The van der Waals surface area contributed by atoms with Crippen LogP contribution in [0.3, 0.4) is 0 Å². The molecule has 0 bridgehead atoms. The molecule has 16 heavy (non-hydrogen) atoms. The summed E-state index contributed by atoms with van der Waals surface area (Å²) in [5.41, 5.74) is 4.65. The van der Waals surface area contributed by atoms with Crippen molar-refractivity contribution in [3.8, 4) is 0 Å². The molecule has 0 saturated carbocycles. The van der Waals surface area contributed by atoms with Crippen LogP contribution >= 0.6 is 25.3 Å². The maximum absolute atomic E-state index is 10.8. The largest absolute Gasteiger partial charge is 0.479 e. The highest BCUT2D eigenvalue weighted by Crippen LogP contribution is 1.95. The molecule has 0 aliphatic rings. The van der Waals surface area contributed by atoms with Crippen LogP contribution in [0.4, 0.5) is 0 Å². The molecule has 0 aliphatic carbocycles. The molecule has 0 rings (SSSR count). The zero-order chi connectivity index (χ0) is 13.3. The van der Waals surface area contributed by atoms with Gasteiger partial charge < -0.3 is 16.2 Å². The summed E-state index contributed by atoms with van der Waals surface area (Å²) in [6.45, 7) is 3.27. The van der Waals surface area contributed by atoms with E-state index in [1.165, 1.54) is 0 Å². The zero-order valence-electron chi connectivity index (χ0n) is 9.01. The van der Waals surface area contributed by atoms with Gasteiger partial charge in [0.05, 0.1) is 5.25 Å². The lowest BCUT2D eigenvalue weighted by molar-refractivity contribution is -0.138. The lowest BCUT2D eigenvalue weighted by Crippen LogP contribution is -2.40. The van der Waals surface area contributed by atoms with Crippen molar-refractivity contribution in [2.45, 2.75) is 30.9 Å². The Morgan fingerprint density at radius 3 is 1.94 bits per heavy atom. The number of primary amides is 1. The van der Waals surface area contributed by atoms with Gasteiger partial charge in [0.15, 0.2) is 5.37 Å². The van der Waals surface area contributed by atoms with Crippen LogP contribution in [0.25, 0.3) is 0 Å². The van der Waals surface area contributed by atoms with Crippen LogP contribution in [0.2, 0.25) is 0 Å². The van der Waals surface area contributed by atoms with Gasteiger partial charge in [0.2, 0.25) is 11.8 Å². The summed E-state index contributed by atoms with van der Waals surface area (Å²) >= 11 is 7.39. The normalized spacial score (nSPS) is 12.8. The molecule has 0 fully saturated rings. The number of carboxylic acids is 1. The lowest BCUT2D eigenvalue weighted by atomic mass is 10.4. The van der Waals surface area contributed by atoms with Gasteiger partial charge in [-0.25, -0.2) is 4.79 Å². The van der Waals surface area contributed by atoms with Gasteiger partial charge in [0.1, 0.15) is 0 Å². The van der Waals surface area contributed by atoms with Gasteiger partial charge in [-0.1, -0.05) is 6.92 Å². The standard InChI is InChI=1S/C5H9NO3S2.C3H7NO/c1-2(10)3(7)6-4(11)5(8)9;1-2-3(4)5/h2,4,10-11H,1H3,(H,6,7)(H,8,9);2H2,1H3,(H2,4,5). The van der Waals surface area contributed by atoms with Gasteiger partial charge in [-0.2, -0.15) is 12.6 Å². The van der Waals surface area contributed by atoms with Crippen LogP contribution in [0.5, 0.6) is 0 Å². The van der Waals surface area contributed by atoms with Crippen molar-refractivity contribution in [2.24, 2.45) is 5.73 Å². The number of carbonyl (C=O) groups is 3. The predicted octanol–water partition coefficient (Wildman–Crippen LogP) is -0.357. The van der Waals surface area contributed by atoms with E-state index in [1.807, 2.05) is 0 Å². The van der Waals surface area contributed by atoms with E-state index in [-0.39, 0.29) is 5.91 Å². The number of carbonyl (C=O) groups excluding carboxylic acids is 2. The smallest absolute Gasteiger partial charge is 0.336 e. The monoisotopic (exact) mass is 268 g/mol. The molecule has 6 nitrogen and oxygen atoms in total. The number of hydrogen-bond acceptors (Lipinski definition) is 5. The Hall–Kier alpha value is -0.890. The Morgan fingerprint density at radius 1 is 1.38 bits per heavy atom. The molecule has 0 heterocycles. The maximum atomic E-state index is 10.8. The first-order chi connectivity index (χ1) is 7.22. The molecule has 0 saturated heterocycles. The van der Waals surface area contributed by atoms with E-state index >= 15 is 0 Å². The molecule has 0 radical (unpaired) electrons. The summed E-state index contributed by atoms with van der Waals surface area (Å²) < 4.78 is 0. The highest BCUT2D eigenvalue weighted by molar-refractivity contribution is 7.82. The van der Waals surface area contributed by atoms with Crippen LogP contribution in [0.1, 0.15) is 20.3 Å². The Balaban J connectivity index is 0. The topological polar surface area (TPSA) is 109 Å². The second kappa shape index (κ2) is 9.34. The average molecular weight is 268 g/mol. The van der Waals surface area contributed by atoms with E-state index in [1.54, 1.807) is 13.8 Å².